The van der Waals surface area contributed by atoms with E-state index in [1.54, 1.807) is 0 Å². The van der Waals surface area contributed by atoms with Crippen LogP contribution in [0.25, 0.3) is 0 Å². The highest BCUT2D eigenvalue weighted by atomic mass is 32.1. The summed E-state index contributed by atoms with van der Waals surface area (Å²) in [7, 11) is 0. The van der Waals surface area contributed by atoms with Crippen molar-refractivity contribution in [2.75, 3.05) is 5.32 Å². The molecular formula is C13H18F2N2S. The zero-order valence-corrected chi connectivity index (χ0v) is 11.6. The minimum absolute atomic E-state index is 0.0211. The molecule has 0 spiro atoms. The van der Waals surface area contributed by atoms with Gasteiger partial charge in [0.2, 0.25) is 0 Å². The fourth-order valence-corrected chi connectivity index (χ4v) is 1.98. The highest BCUT2D eigenvalue weighted by molar-refractivity contribution is 7.80. The fraction of sp³-hybridized carbons (Fsp3) is 0.462. The molecule has 5 heteroatoms. The Labute approximate surface area is 112 Å². The van der Waals surface area contributed by atoms with Crippen molar-refractivity contribution in [2.24, 2.45) is 5.73 Å². The van der Waals surface area contributed by atoms with Gasteiger partial charge in [0.15, 0.2) is 0 Å². The van der Waals surface area contributed by atoms with E-state index in [1.807, 2.05) is 20.8 Å². The highest BCUT2D eigenvalue weighted by Gasteiger charge is 2.21. The van der Waals surface area contributed by atoms with Crippen LogP contribution in [0.5, 0.6) is 0 Å². The molecular weight excluding hydrogens is 254 g/mol. The third-order valence-electron chi connectivity index (χ3n) is 2.67. The number of nitrogens with one attached hydrogen (secondary N) is 1. The molecule has 0 heterocycles. The average molecular weight is 272 g/mol. The second-order valence-corrected chi connectivity index (χ2v) is 5.38. The van der Waals surface area contributed by atoms with Gasteiger partial charge in [0.05, 0.1) is 0 Å². The van der Waals surface area contributed by atoms with Gasteiger partial charge in [-0.2, -0.15) is 0 Å². The minimum atomic E-state index is -0.679. The summed E-state index contributed by atoms with van der Waals surface area (Å²) in [5.74, 6) is -1.36. The molecule has 0 aromatic heterocycles. The monoisotopic (exact) mass is 272 g/mol. The Bertz CT molecular complexity index is 435. The van der Waals surface area contributed by atoms with E-state index in [1.165, 1.54) is 0 Å². The summed E-state index contributed by atoms with van der Waals surface area (Å²) in [4.78, 5) is -0.0211. The van der Waals surface area contributed by atoms with E-state index in [0.29, 0.717) is 0 Å². The molecule has 0 aliphatic heterocycles. The van der Waals surface area contributed by atoms with Crippen LogP contribution < -0.4 is 11.1 Å². The molecule has 1 rings (SSSR count). The van der Waals surface area contributed by atoms with Crippen molar-refractivity contribution in [1.82, 2.24) is 0 Å². The molecule has 0 radical (unpaired) electrons. The molecule has 0 bridgehead atoms. The van der Waals surface area contributed by atoms with Crippen LogP contribution in [0, 0.1) is 11.6 Å². The fourth-order valence-electron chi connectivity index (χ4n) is 1.86. The predicted octanol–water partition coefficient (Wildman–Crippen LogP) is 3.59. The Morgan fingerprint density at radius 1 is 1.33 bits per heavy atom. The molecule has 0 saturated heterocycles. The van der Waals surface area contributed by atoms with Gasteiger partial charge < -0.3 is 11.1 Å². The number of hydrogen-bond donors (Lipinski definition) is 2. The maximum Gasteiger partial charge on any atom is 0.150 e. The number of halogens is 2. The third-order valence-corrected chi connectivity index (χ3v) is 2.90. The summed E-state index contributed by atoms with van der Waals surface area (Å²) in [6.07, 6.45) is 1.73. The molecule has 0 saturated carbocycles. The largest absolute Gasteiger partial charge is 0.389 e. The Hall–Kier alpha value is -1.23. The zero-order valence-electron chi connectivity index (χ0n) is 10.8. The van der Waals surface area contributed by atoms with E-state index in [-0.39, 0.29) is 21.8 Å². The standard InChI is InChI=1S/C13H18F2N2S/c1-4-5-13(2,3)17-11-9(14)6-8(12(16)18)7-10(11)15/h6-7,17H,4-5H2,1-3H3,(H2,16,18). The van der Waals surface area contributed by atoms with Gasteiger partial charge in [0.25, 0.3) is 0 Å². The molecule has 1 aromatic rings. The summed E-state index contributed by atoms with van der Waals surface area (Å²) in [6.45, 7) is 5.82. The Morgan fingerprint density at radius 2 is 1.83 bits per heavy atom. The molecule has 0 unspecified atom stereocenters. The van der Waals surface area contributed by atoms with Crippen molar-refractivity contribution < 1.29 is 8.78 Å². The summed E-state index contributed by atoms with van der Waals surface area (Å²) in [5.41, 5.74) is 5.04. The van der Waals surface area contributed by atoms with Crippen molar-refractivity contribution in [3.63, 3.8) is 0 Å². The first-order valence-corrected chi connectivity index (χ1v) is 6.24. The van der Waals surface area contributed by atoms with Crippen molar-refractivity contribution in [3.8, 4) is 0 Å². The number of nitrogens with two attached hydrogens (primary N) is 1. The molecule has 0 aliphatic rings. The molecule has 2 nitrogen and oxygen atoms in total. The summed E-state index contributed by atoms with van der Waals surface area (Å²) < 4.78 is 27.6. The van der Waals surface area contributed by atoms with Gasteiger partial charge in [0.1, 0.15) is 22.3 Å². The van der Waals surface area contributed by atoms with Crippen LogP contribution in [-0.2, 0) is 0 Å². The van der Waals surface area contributed by atoms with Crippen LogP contribution in [0.1, 0.15) is 39.2 Å². The van der Waals surface area contributed by atoms with E-state index in [4.69, 9.17) is 18.0 Å². The summed E-state index contributed by atoms with van der Waals surface area (Å²) in [6, 6.07) is 2.30. The van der Waals surface area contributed by atoms with Crippen molar-refractivity contribution >= 4 is 22.9 Å². The minimum Gasteiger partial charge on any atom is -0.389 e. The van der Waals surface area contributed by atoms with Gasteiger partial charge in [-0.3, -0.25) is 0 Å². The van der Waals surface area contributed by atoms with Gasteiger partial charge in [0, 0.05) is 11.1 Å². The van der Waals surface area contributed by atoms with E-state index < -0.39 is 11.6 Å². The smallest absolute Gasteiger partial charge is 0.150 e. The maximum atomic E-state index is 13.8. The zero-order chi connectivity index (χ0) is 13.9. The number of rotatable bonds is 5. The van der Waals surface area contributed by atoms with Crippen molar-refractivity contribution in [1.29, 1.82) is 0 Å². The SMILES string of the molecule is CCCC(C)(C)Nc1c(F)cc(C(N)=S)cc1F. The molecule has 0 atom stereocenters. The van der Waals surface area contributed by atoms with E-state index in [2.05, 4.69) is 5.32 Å². The van der Waals surface area contributed by atoms with Crippen molar-refractivity contribution in [2.45, 2.75) is 39.2 Å². The lowest BCUT2D eigenvalue weighted by atomic mass is 9.98. The van der Waals surface area contributed by atoms with E-state index in [0.717, 1.165) is 25.0 Å². The van der Waals surface area contributed by atoms with Crippen LogP contribution >= 0.6 is 12.2 Å². The Morgan fingerprint density at radius 3 is 2.22 bits per heavy atom. The molecule has 3 N–H and O–H groups in total. The van der Waals surface area contributed by atoms with Gasteiger partial charge in [-0.15, -0.1) is 0 Å². The topological polar surface area (TPSA) is 38.0 Å². The van der Waals surface area contributed by atoms with Crippen LogP contribution in [-0.4, -0.2) is 10.5 Å². The lowest BCUT2D eigenvalue weighted by Crippen LogP contribution is -2.31. The summed E-state index contributed by atoms with van der Waals surface area (Å²) in [5, 5.41) is 2.89. The first kappa shape index (κ1) is 14.8. The van der Waals surface area contributed by atoms with Crippen LogP contribution in [0.2, 0.25) is 0 Å². The van der Waals surface area contributed by atoms with Gasteiger partial charge in [-0.1, -0.05) is 25.6 Å². The van der Waals surface area contributed by atoms with E-state index >= 15 is 0 Å². The molecule has 0 aliphatic carbocycles. The Balaban J connectivity index is 3.08. The summed E-state index contributed by atoms with van der Waals surface area (Å²) >= 11 is 4.70. The molecule has 18 heavy (non-hydrogen) atoms. The second-order valence-electron chi connectivity index (χ2n) is 4.94. The van der Waals surface area contributed by atoms with Gasteiger partial charge in [-0.05, 0) is 32.4 Å². The predicted molar refractivity (Wildman–Crippen MR) is 74.9 cm³/mol. The van der Waals surface area contributed by atoms with Gasteiger partial charge >= 0.3 is 0 Å². The number of benzene rings is 1. The first-order chi connectivity index (χ1) is 8.26. The molecule has 0 fully saturated rings. The quantitative estimate of drug-likeness (QED) is 0.804. The molecule has 0 amide bonds. The molecule has 100 valence electrons. The van der Waals surface area contributed by atoms with Crippen molar-refractivity contribution in [3.05, 3.63) is 29.3 Å². The lowest BCUT2D eigenvalue weighted by Gasteiger charge is -2.27. The number of hydrogen-bond acceptors (Lipinski definition) is 2. The average Bonchev–Trinajstić information content (AvgIpc) is 2.22. The Kier molecular flexibility index (Phi) is 4.62. The molecule has 1 aromatic carbocycles. The van der Waals surface area contributed by atoms with Crippen LogP contribution in [0.15, 0.2) is 12.1 Å². The van der Waals surface area contributed by atoms with Crippen LogP contribution in [0.4, 0.5) is 14.5 Å². The highest BCUT2D eigenvalue weighted by Crippen LogP contribution is 2.26. The van der Waals surface area contributed by atoms with E-state index in [9.17, 15) is 8.78 Å². The number of thiocarbonyl (C=S) groups is 1. The maximum absolute atomic E-state index is 13.8. The lowest BCUT2D eigenvalue weighted by molar-refractivity contribution is 0.496. The second kappa shape index (κ2) is 5.61. The van der Waals surface area contributed by atoms with Crippen LogP contribution in [0.3, 0.4) is 0 Å². The normalized spacial score (nSPS) is 11.4. The first-order valence-electron chi connectivity index (χ1n) is 5.84. The van der Waals surface area contributed by atoms with Gasteiger partial charge in [-0.25, -0.2) is 8.78 Å². The number of anilines is 1. The third kappa shape index (κ3) is 3.63.